The molecule has 0 spiro atoms. The summed E-state index contributed by atoms with van der Waals surface area (Å²) in [5.41, 5.74) is 6.38. The SMILES string of the molecule is Nc1ccc(NC2CCC2)c(C(F)F)c1. The van der Waals surface area contributed by atoms with Gasteiger partial charge in [0.05, 0.1) is 0 Å². The zero-order valence-electron chi connectivity index (χ0n) is 8.34. The molecule has 1 saturated carbocycles. The number of anilines is 2. The van der Waals surface area contributed by atoms with Crippen molar-refractivity contribution in [3.05, 3.63) is 23.8 Å². The molecule has 1 fully saturated rings. The topological polar surface area (TPSA) is 38.0 Å². The van der Waals surface area contributed by atoms with Crippen LogP contribution in [-0.2, 0) is 0 Å². The molecular weight excluding hydrogens is 198 g/mol. The largest absolute Gasteiger partial charge is 0.399 e. The highest BCUT2D eigenvalue weighted by molar-refractivity contribution is 5.59. The van der Waals surface area contributed by atoms with Gasteiger partial charge in [0.2, 0.25) is 0 Å². The lowest BCUT2D eigenvalue weighted by atomic mass is 9.92. The molecule has 2 rings (SSSR count). The van der Waals surface area contributed by atoms with Crippen LogP contribution in [0.25, 0.3) is 0 Å². The van der Waals surface area contributed by atoms with E-state index in [2.05, 4.69) is 5.32 Å². The summed E-state index contributed by atoms with van der Waals surface area (Å²) in [4.78, 5) is 0. The molecule has 0 radical (unpaired) electrons. The summed E-state index contributed by atoms with van der Waals surface area (Å²) in [5, 5.41) is 3.12. The molecular formula is C11H14F2N2. The molecule has 1 aromatic carbocycles. The van der Waals surface area contributed by atoms with Crippen LogP contribution in [0.1, 0.15) is 31.3 Å². The molecule has 2 nitrogen and oxygen atoms in total. The number of nitrogens with one attached hydrogen (secondary N) is 1. The Hall–Kier alpha value is -1.32. The molecule has 0 heterocycles. The third kappa shape index (κ3) is 2.19. The monoisotopic (exact) mass is 212 g/mol. The Morgan fingerprint density at radius 1 is 1.33 bits per heavy atom. The van der Waals surface area contributed by atoms with Crippen LogP contribution in [0.15, 0.2) is 18.2 Å². The van der Waals surface area contributed by atoms with Crippen molar-refractivity contribution in [2.24, 2.45) is 0 Å². The van der Waals surface area contributed by atoms with Gasteiger partial charge in [-0.05, 0) is 37.5 Å². The van der Waals surface area contributed by atoms with E-state index in [1.165, 1.54) is 12.5 Å². The van der Waals surface area contributed by atoms with Gasteiger partial charge in [0, 0.05) is 23.0 Å². The van der Waals surface area contributed by atoms with Gasteiger partial charge in [-0.1, -0.05) is 0 Å². The van der Waals surface area contributed by atoms with Gasteiger partial charge in [-0.3, -0.25) is 0 Å². The number of halogens is 2. The van der Waals surface area contributed by atoms with Crippen LogP contribution in [0.4, 0.5) is 20.2 Å². The van der Waals surface area contributed by atoms with Gasteiger partial charge in [0.15, 0.2) is 0 Å². The summed E-state index contributed by atoms with van der Waals surface area (Å²) < 4.78 is 25.4. The number of nitrogens with two attached hydrogens (primary N) is 1. The van der Waals surface area contributed by atoms with Crippen LogP contribution in [-0.4, -0.2) is 6.04 Å². The van der Waals surface area contributed by atoms with Crippen LogP contribution < -0.4 is 11.1 Å². The van der Waals surface area contributed by atoms with Gasteiger partial charge in [-0.2, -0.15) is 0 Å². The number of alkyl halides is 2. The Balaban J connectivity index is 2.20. The highest BCUT2D eigenvalue weighted by Crippen LogP contribution is 2.32. The number of hydrogen-bond acceptors (Lipinski definition) is 2. The Labute approximate surface area is 87.5 Å². The second kappa shape index (κ2) is 4.04. The van der Waals surface area contributed by atoms with Crippen molar-refractivity contribution >= 4 is 11.4 Å². The zero-order valence-corrected chi connectivity index (χ0v) is 8.34. The van der Waals surface area contributed by atoms with E-state index < -0.39 is 6.43 Å². The summed E-state index contributed by atoms with van der Waals surface area (Å²) in [7, 11) is 0. The molecule has 0 bridgehead atoms. The highest BCUT2D eigenvalue weighted by Gasteiger charge is 2.20. The molecule has 0 aliphatic heterocycles. The first kappa shape index (κ1) is 10.2. The van der Waals surface area contributed by atoms with Gasteiger partial charge in [0.25, 0.3) is 6.43 Å². The van der Waals surface area contributed by atoms with Crippen molar-refractivity contribution in [3.63, 3.8) is 0 Å². The van der Waals surface area contributed by atoms with Crippen LogP contribution in [0.5, 0.6) is 0 Å². The molecule has 0 unspecified atom stereocenters. The third-order valence-corrected chi connectivity index (χ3v) is 2.78. The maximum atomic E-state index is 12.7. The van der Waals surface area contributed by atoms with Gasteiger partial charge in [-0.25, -0.2) is 8.78 Å². The van der Waals surface area contributed by atoms with Crippen LogP contribution in [0.2, 0.25) is 0 Å². The minimum absolute atomic E-state index is 0.00176. The number of benzene rings is 1. The van der Waals surface area contributed by atoms with E-state index in [-0.39, 0.29) is 5.56 Å². The van der Waals surface area contributed by atoms with E-state index in [0.29, 0.717) is 17.4 Å². The van der Waals surface area contributed by atoms with Gasteiger partial charge in [0.1, 0.15) is 0 Å². The van der Waals surface area contributed by atoms with Gasteiger partial charge >= 0.3 is 0 Å². The van der Waals surface area contributed by atoms with Crippen molar-refractivity contribution < 1.29 is 8.78 Å². The molecule has 1 aliphatic carbocycles. The second-order valence-corrected chi connectivity index (χ2v) is 3.92. The van der Waals surface area contributed by atoms with Crippen LogP contribution >= 0.6 is 0 Å². The molecule has 1 aromatic rings. The van der Waals surface area contributed by atoms with Crippen LogP contribution in [0, 0.1) is 0 Å². The van der Waals surface area contributed by atoms with Crippen molar-refractivity contribution in [2.75, 3.05) is 11.1 Å². The fourth-order valence-electron chi connectivity index (χ4n) is 1.67. The smallest absolute Gasteiger partial charge is 0.265 e. The van der Waals surface area contributed by atoms with Gasteiger partial charge < -0.3 is 11.1 Å². The molecule has 3 N–H and O–H groups in total. The standard InChI is InChI=1S/C11H14F2N2/c12-11(13)9-6-7(14)4-5-10(9)15-8-2-1-3-8/h4-6,8,11,15H,1-3,14H2. The van der Waals surface area contributed by atoms with Crippen molar-refractivity contribution in [3.8, 4) is 0 Å². The summed E-state index contributed by atoms with van der Waals surface area (Å²) in [5.74, 6) is 0. The Morgan fingerprint density at radius 3 is 2.60 bits per heavy atom. The summed E-state index contributed by atoms with van der Waals surface area (Å²) >= 11 is 0. The Bertz CT molecular complexity index is 348. The van der Waals surface area contributed by atoms with Crippen LogP contribution in [0.3, 0.4) is 0 Å². The van der Waals surface area contributed by atoms with E-state index in [9.17, 15) is 8.78 Å². The number of hydrogen-bond donors (Lipinski definition) is 2. The fourth-order valence-corrected chi connectivity index (χ4v) is 1.67. The lowest BCUT2D eigenvalue weighted by Crippen LogP contribution is -2.27. The first-order valence-electron chi connectivity index (χ1n) is 5.11. The zero-order chi connectivity index (χ0) is 10.8. The van der Waals surface area contributed by atoms with E-state index in [0.717, 1.165) is 12.8 Å². The molecule has 0 atom stereocenters. The lowest BCUT2D eigenvalue weighted by molar-refractivity contribution is 0.152. The predicted molar refractivity (Wildman–Crippen MR) is 57.1 cm³/mol. The first-order chi connectivity index (χ1) is 7.16. The van der Waals surface area contributed by atoms with E-state index >= 15 is 0 Å². The summed E-state index contributed by atoms with van der Waals surface area (Å²) in [6.45, 7) is 0. The predicted octanol–water partition coefficient (Wildman–Crippen LogP) is 3.17. The van der Waals surface area contributed by atoms with Crippen molar-refractivity contribution in [2.45, 2.75) is 31.7 Å². The molecule has 1 aliphatic rings. The highest BCUT2D eigenvalue weighted by atomic mass is 19.3. The molecule has 4 heteroatoms. The van der Waals surface area contributed by atoms with Crippen molar-refractivity contribution in [1.82, 2.24) is 0 Å². The molecule has 15 heavy (non-hydrogen) atoms. The fraction of sp³-hybridized carbons (Fsp3) is 0.455. The summed E-state index contributed by atoms with van der Waals surface area (Å²) in [6, 6.07) is 4.97. The van der Waals surface area contributed by atoms with Gasteiger partial charge in [-0.15, -0.1) is 0 Å². The van der Waals surface area contributed by atoms with E-state index in [1.807, 2.05) is 0 Å². The average Bonchev–Trinajstić information content (AvgIpc) is 2.12. The van der Waals surface area contributed by atoms with E-state index in [4.69, 9.17) is 5.73 Å². The third-order valence-electron chi connectivity index (χ3n) is 2.78. The summed E-state index contributed by atoms with van der Waals surface area (Å²) in [6.07, 6.45) is 0.826. The lowest BCUT2D eigenvalue weighted by Gasteiger charge is -2.28. The molecule has 0 saturated heterocycles. The normalized spacial score (nSPS) is 16.5. The maximum absolute atomic E-state index is 12.7. The Kier molecular flexibility index (Phi) is 2.75. The Morgan fingerprint density at radius 2 is 2.07 bits per heavy atom. The minimum atomic E-state index is -2.48. The molecule has 0 aromatic heterocycles. The second-order valence-electron chi connectivity index (χ2n) is 3.92. The van der Waals surface area contributed by atoms with E-state index in [1.54, 1.807) is 12.1 Å². The maximum Gasteiger partial charge on any atom is 0.265 e. The number of nitrogen functional groups attached to an aromatic ring is 1. The number of rotatable bonds is 3. The quantitative estimate of drug-likeness (QED) is 0.755. The first-order valence-corrected chi connectivity index (χ1v) is 5.11. The average molecular weight is 212 g/mol. The molecule has 0 amide bonds. The van der Waals surface area contributed by atoms with Crippen molar-refractivity contribution in [1.29, 1.82) is 0 Å². The minimum Gasteiger partial charge on any atom is -0.399 e. The molecule has 82 valence electrons.